The van der Waals surface area contributed by atoms with Gasteiger partial charge in [-0.3, -0.25) is 4.79 Å². The lowest BCUT2D eigenvalue weighted by molar-refractivity contribution is -0.127. The van der Waals surface area contributed by atoms with Gasteiger partial charge >= 0.3 is 13.2 Å². The third kappa shape index (κ3) is 5.00. The summed E-state index contributed by atoms with van der Waals surface area (Å²) < 4.78 is 22.2. The molecule has 1 saturated heterocycles. The second kappa shape index (κ2) is 9.53. The summed E-state index contributed by atoms with van der Waals surface area (Å²) in [5, 5.41) is 5.58. The molecule has 1 saturated carbocycles. The molecule has 2 aliphatic rings. The number of hydrogen-bond acceptors (Lipinski definition) is 7. The molecule has 0 bridgehead atoms. The molecule has 1 aliphatic heterocycles. The molecular formula is C25H35BN4O6. The third-order valence-electron chi connectivity index (χ3n) is 7.47. The number of hydrogen-bond donors (Lipinski definition) is 3. The largest absolute Gasteiger partial charge is 0.494 e. The van der Waals surface area contributed by atoms with Crippen LogP contribution in [0.2, 0.25) is 0 Å². The maximum atomic E-state index is 13.0. The highest BCUT2D eigenvalue weighted by Gasteiger charge is 2.52. The van der Waals surface area contributed by atoms with Gasteiger partial charge in [0.25, 0.3) is 0 Å². The molecule has 10 nitrogen and oxygen atoms in total. The van der Waals surface area contributed by atoms with Crippen molar-refractivity contribution in [1.29, 1.82) is 0 Å². The van der Waals surface area contributed by atoms with E-state index in [1.807, 2.05) is 52.0 Å². The maximum absolute atomic E-state index is 13.0. The molecule has 2 heterocycles. The fourth-order valence-electron chi connectivity index (χ4n) is 4.09. The number of carbonyl (C=O) groups excluding carboxylic acids is 2. The summed E-state index contributed by atoms with van der Waals surface area (Å²) in [4.78, 5) is 32.7. The predicted octanol–water partition coefficient (Wildman–Crippen LogP) is 2.24. The Morgan fingerprint density at radius 2 is 1.69 bits per heavy atom. The van der Waals surface area contributed by atoms with Gasteiger partial charge in [0.2, 0.25) is 5.91 Å². The molecule has 1 aromatic heterocycles. The molecule has 2 aromatic rings. The molecule has 1 aliphatic carbocycles. The van der Waals surface area contributed by atoms with Crippen LogP contribution in [-0.2, 0) is 29.1 Å². The van der Waals surface area contributed by atoms with E-state index in [-0.39, 0.29) is 5.91 Å². The lowest BCUT2D eigenvalue weighted by atomic mass is 9.79. The number of aromatic amines is 1. The topological polar surface area (TPSA) is 124 Å². The predicted molar refractivity (Wildman–Crippen MR) is 135 cm³/mol. The van der Waals surface area contributed by atoms with Gasteiger partial charge in [0, 0.05) is 7.11 Å². The van der Waals surface area contributed by atoms with E-state index in [9.17, 15) is 9.59 Å². The van der Waals surface area contributed by atoms with Crippen molar-refractivity contribution in [2.24, 2.45) is 0 Å². The Kier molecular flexibility index (Phi) is 6.93. The van der Waals surface area contributed by atoms with E-state index in [2.05, 4.69) is 25.3 Å². The zero-order chi connectivity index (χ0) is 26.3. The van der Waals surface area contributed by atoms with Crippen LogP contribution in [0.3, 0.4) is 0 Å². The molecule has 0 unspecified atom stereocenters. The Labute approximate surface area is 212 Å². The van der Waals surface area contributed by atoms with Crippen LogP contribution in [0.15, 0.2) is 30.5 Å². The Balaban J connectivity index is 1.46. The highest BCUT2D eigenvalue weighted by atomic mass is 16.7. The number of alkyl carbamates (subject to hydrolysis) is 1. The van der Waals surface area contributed by atoms with Gasteiger partial charge in [0.15, 0.2) is 0 Å². The SMILES string of the molecule is COC(=O)N[C@H](C(=O)NC1(c2ncc(-c3ccc(B4OC(C)(C)C(C)(C)O4)cc3)[nH]2)CC1)[C@@H](C)OC. The Morgan fingerprint density at radius 1 is 1.08 bits per heavy atom. The van der Waals surface area contributed by atoms with Crippen LogP contribution >= 0.6 is 0 Å². The van der Waals surface area contributed by atoms with Crippen molar-refractivity contribution >= 4 is 24.6 Å². The van der Waals surface area contributed by atoms with Gasteiger partial charge in [-0.05, 0) is 58.5 Å². The van der Waals surface area contributed by atoms with E-state index < -0.39 is 42.1 Å². The van der Waals surface area contributed by atoms with Crippen LogP contribution < -0.4 is 16.1 Å². The van der Waals surface area contributed by atoms with Crippen LogP contribution in [0.1, 0.15) is 53.3 Å². The number of ether oxygens (including phenoxy) is 2. The first-order valence-electron chi connectivity index (χ1n) is 12.1. The van der Waals surface area contributed by atoms with Crippen molar-refractivity contribution in [3.05, 3.63) is 36.3 Å². The van der Waals surface area contributed by atoms with Crippen LogP contribution in [-0.4, -0.2) is 66.7 Å². The Hall–Kier alpha value is -2.89. The second-order valence-corrected chi connectivity index (χ2v) is 10.5. The van der Waals surface area contributed by atoms with E-state index in [0.29, 0.717) is 5.82 Å². The van der Waals surface area contributed by atoms with E-state index in [4.69, 9.17) is 14.0 Å². The van der Waals surface area contributed by atoms with Gasteiger partial charge in [0.05, 0.1) is 41.8 Å². The lowest BCUT2D eigenvalue weighted by Crippen LogP contribution is -2.55. The number of rotatable bonds is 8. The van der Waals surface area contributed by atoms with Gasteiger partial charge in [0.1, 0.15) is 11.9 Å². The van der Waals surface area contributed by atoms with Crippen molar-refractivity contribution in [3.63, 3.8) is 0 Å². The number of carbonyl (C=O) groups is 2. The summed E-state index contributed by atoms with van der Waals surface area (Å²) in [6, 6.07) is 7.06. The molecule has 194 valence electrons. The molecule has 4 rings (SSSR count). The Bertz CT molecular complexity index is 1100. The first-order chi connectivity index (χ1) is 16.9. The fraction of sp³-hybridized carbons (Fsp3) is 0.560. The highest BCUT2D eigenvalue weighted by molar-refractivity contribution is 6.62. The summed E-state index contributed by atoms with van der Waals surface area (Å²) in [6.45, 7) is 9.83. The summed E-state index contributed by atoms with van der Waals surface area (Å²) in [5.74, 6) is 0.305. The van der Waals surface area contributed by atoms with Gasteiger partial charge in [-0.25, -0.2) is 9.78 Å². The highest BCUT2D eigenvalue weighted by Crippen LogP contribution is 2.44. The van der Waals surface area contributed by atoms with Crippen LogP contribution in [0.25, 0.3) is 11.3 Å². The number of benzene rings is 1. The number of imidazole rings is 1. The monoisotopic (exact) mass is 498 g/mol. The first-order valence-corrected chi connectivity index (χ1v) is 12.1. The molecule has 1 aromatic carbocycles. The standard InChI is InChI=1S/C25H35BN4O6/c1-15(33-6)19(29-22(32)34-7)20(31)30-25(12-13-25)21-27-14-18(28-21)16-8-10-17(11-9-16)26-35-23(2,3)24(4,5)36-26/h8-11,14-15,19H,12-13H2,1-7H3,(H,27,28)(H,29,32)(H,30,31)/t15-,19+/m1/s1. The summed E-state index contributed by atoms with van der Waals surface area (Å²) in [5.41, 5.74) is 1.32. The third-order valence-corrected chi connectivity index (χ3v) is 7.47. The fourth-order valence-corrected chi connectivity index (χ4v) is 4.09. The van der Waals surface area contributed by atoms with Crippen LogP contribution in [0.4, 0.5) is 4.79 Å². The van der Waals surface area contributed by atoms with E-state index in [1.165, 1.54) is 14.2 Å². The number of nitrogens with zero attached hydrogens (tertiary/aromatic N) is 1. The van der Waals surface area contributed by atoms with Gasteiger partial charge in [-0.1, -0.05) is 24.3 Å². The van der Waals surface area contributed by atoms with Crippen molar-refractivity contribution in [3.8, 4) is 11.3 Å². The summed E-state index contributed by atoms with van der Waals surface area (Å²) in [6.07, 6.45) is 1.98. The van der Waals surface area contributed by atoms with Crippen molar-refractivity contribution in [2.45, 2.75) is 76.3 Å². The minimum Gasteiger partial charge on any atom is -0.453 e. The normalized spacial score (nSPS) is 20.9. The number of methoxy groups -OCH3 is 2. The molecule has 36 heavy (non-hydrogen) atoms. The minimum absolute atomic E-state index is 0.364. The first kappa shape index (κ1) is 26.2. The second-order valence-electron chi connectivity index (χ2n) is 10.5. The summed E-state index contributed by atoms with van der Waals surface area (Å²) in [7, 11) is 2.30. The molecule has 11 heteroatoms. The summed E-state index contributed by atoms with van der Waals surface area (Å²) >= 11 is 0. The van der Waals surface area contributed by atoms with E-state index in [1.54, 1.807) is 13.1 Å². The number of H-pyrrole nitrogens is 1. The zero-order valence-corrected chi connectivity index (χ0v) is 21.9. The zero-order valence-electron chi connectivity index (χ0n) is 21.9. The Morgan fingerprint density at radius 3 is 2.22 bits per heavy atom. The van der Waals surface area contributed by atoms with Crippen LogP contribution in [0, 0.1) is 0 Å². The number of amides is 2. The average Bonchev–Trinajstić information content (AvgIpc) is 3.36. The molecule has 2 atom stereocenters. The van der Waals surface area contributed by atoms with Gasteiger partial charge in [-0.2, -0.15) is 0 Å². The maximum Gasteiger partial charge on any atom is 0.494 e. The average molecular weight is 498 g/mol. The van der Waals surface area contributed by atoms with Crippen molar-refractivity contribution in [1.82, 2.24) is 20.6 Å². The van der Waals surface area contributed by atoms with E-state index >= 15 is 0 Å². The lowest BCUT2D eigenvalue weighted by Gasteiger charge is -2.32. The molecule has 2 amide bonds. The quantitative estimate of drug-likeness (QED) is 0.477. The van der Waals surface area contributed by atoms with Crippen molar-refractivity contribution in [2.75, 3.05) is 14.2 Å². The van der Waals surface area contributed by atoms with Crippen molar-refractivity contribution < 1.29 is 28.4 Å². The molecule has 0 radical (unpaired) electrons. The smallest absolute Gasteiger partial charge is 0.453 e. The van der Waals surface area contributed by atoms with Gasteiger partial charge < -0.3 is 34.4 Å². The van der Waals surface area contributed by atoms with Gasteiger partial charge in [-0.15, -0.1) is 0 Å². The molecule has 0 spiro atoms. The minimum atomic E-state index is -0.906. The molecule has 2 fully saturated rings. The number of nitrogens with one attached hydrogen (secondary N) is 3. The molecular weight excluding hydrogens is 463 g/mol. The molecule has 3 N–H and O–H groups in total. The number of aromatic nitrogens is 2. The van der Waals surface area contributed by atoms with Crippen LogP contribution in [0.5, 0.6) is 0 Å². The van der Waals surface area contributed by atoms with E-state index in [0.717, 1.165) is 29.6 Å².